The van der Waals surface area contributed by atoms with E-state index in [9.17, 15) is 9.59 Å². The van der Waals surface area contributed by atoms with Crippen molar-refractivity contribution in [2.24, 2.45) is 5.92 Å². The first-order valence-corrected chi connectivity index (χ1v) is 8.45. The van der Waals surface area contributed by atoms with Gasteiger partial charge in [-0.2, -0.15) is 0 Å². The smallest absolute Gasteiger partial charge is 0.251 e. The maximum absolute atomic E-state index is 12.3. The van der Waals surface area contributed by atoms with Gasteiger partial charge in [-0.1, -0.05) is 13.8 Å². The highest BCUT2D eigenvalue weighted by molar-refractivity contribution is 5.95. The van der Waals surface area contributed by atoms with Crippen molar-refractivity contribution in [3.05, 3.63) is 29.8 Å². The van der Waals surface area contributed by atoms with Crippen LogP contribution >= 0.6 is 0 Å². The Bertz CT molecular complexity index is 551. The van der Waals surface area contributed by atoms with E-state index in [1.165, 1.54) is 6.92 Å². The van der Waals surface area contributed by atoms with Crippen molar-refractivity contribution in [2.75, 3.05) is 38.2 Å². The molecule has 0 radical (unpaired) electrons. The van der Waals surface area contributed by atoms with Gasteiger partial charge in [0.05, 0.1) is 13.2 Å². The first kappa shape index (κ1) is 18.4. The number of carbonyl (C=O) groups excluding carboxylic acids is 2. The van der Waals surface area contributed by atoms with Crippen LogP contribution in [-0.4, -0.2) is 55.6 Å². The van der Waals surface area contributed by atoms with Crippen LogP contribution in [0.15, 0.2) is 24.3 Å². The monoisotopic (exact) mass is 333 g/mol. The zero-order valence-corrected chi connectivity index (χ0v) is 14.7. The molecule has 0 bridgehead atoms. The van der Waals surface area contributed by atoms with E-state index in [1.807, 2.05) is 0 Å². The highest BCUT2D eigenvalue weighted by Gasteiger charge is 2.24. The van der Waals surface area contributed by atoms with Crippen LogP contribution in [0.25, 0.3) is 0 Å². The molecule has 1 aromatic rings. The zero-order chi connectivity index (χ0) is 17.5. The van der Waals surface area contributed by atoms with Gasteiger partial charge in [0.2, 0.25) is 5.91 Å². The SMILES string of the molecule is CC(=O)Nc1ccc(C(=O)NC[C@H](C(C)C)N2CCOCC2)cc1. The standard InChI is InChI=1S/C18H27N3O3/c1-13(2)17(21-8-10-24-11-9-21)12-19-18(23)15-4-6-16(7-5-15)20-14(3)22/h4-7,13,17H,8-12H2,1-3H3,(H,19,23)(H,20,22)/t17-/m1/s1. The average Bonchev–Trinajstić information content (AvgIpc) is 2.55. The third kappa shape index (κ3) is 5.32. The van der Waals surface area contributed by atoms with Crippen LogP contribution in [0.2, 0.25) is 0 Å². The Labute approximate surface area is 143 Å². The topological polar surface area (TPSA) is 70.7 Å². The summed E-state index contributed by atoms with van der Waals surface area (Å²) in [5.74, 6) is 0.228. The molecule has 1 saturated heterocycles. The molecule has 0 aromatic heterocycles. The fourth-order valence-corrected chi connectivity index (χ4v) is 2.90. The molecule has 2 amide bonds. The fraction of sp³-hybridized carbons (Fsp3) is 0.556. The summed E-state index contributed by atoms with van der Waals surface area (Å²) < 4.78 is 5.40. The Balaban J connectivity index is 1.91. The summed E-state index contributed by atoms with van der Waals surface area (Å²) in [4.78, 5) is 25.7. The molecule has 0 spiro atoms. The highest BCUT2D eigenvalue weighted by atomic mass is 16.5. The van der Waals surface area contributed by atoms with E-state index in [0.717, 1.165) is 26.3 Å². The molecule has 1 aliphatic rings. The summed E-state index contributed by atoms with van der Waals surface area (Å²) in [5.41, 5.74) is 1.28. The van der Waals surface area contributed by atoms with Gasteiger partial charge in [-0.25, -0.2) is 0 Å². The van der Waals surface area contributed by atoms with Crippen molar-refractivity contribution in [1.29, 1.82) is 0 Å². The molecule has 1 aromatic carbocycles. The molecule has 2 rings (SSSR count). The predicted octanol–water partition coefficient (Wildman–Crippen LogP) is 1.73. The summed E-state index contributed by atoms with van der Waals surface area (Å²) in [6, 6.07) is 7.21. The highest BCUT2D eigenvalue weighted by Crippen LogP contribution is 2.13. The van der Waals surface area contributed by atoms with Crippen molar-refractivity contribution in [3.63, 3.8) is 0 Å². The summed E-state index contributed by atoms with van der Waals surface area (Å²) in [5, 5.41) is 5.72. The molecule has 6 heteroatoms. The van der Waals surface area contributed by atoms with E-state index >= 15 is 0 Å². The summed E-state index contributed by atoms with van der Waals surface area (Å²) >= 11 is 0. The number of hydrogen-bond donors (Lipinski definition) is 2. The van der Waals surface area contributed by atoms with Gasteiger partial charge in [-0.15, -0.1) is 0 Å². The summed E-state index contributed by atoms with van der Waals surface area (Å²) in [7, 11) is 0. The van der Waals surface area contributed by atoms with Crippen LogP contribution in [-0.2, 0) is 9.53 Å². The number of ether oxygens (including phenoxy) is 1. The number of amides is 2. The molecule has 0 unspecified atom stereocenters. The van der Waals surface area contributed by atoms with Crippen LogP contribution < -0.4 is 10.6 Å². The Kier molecular flexibility index (Phi) is 6.75. The predicted molar refractivity (Wildman–Crippen MR) is 94.1 cm³/mol. The van der Waals surface area contributed by atoms with Crippen molar-refractivity contribution in [1.82, 2.24) is 10.2 Å². The Morgan fingerprint density at radius 2 is 1.79 bits per heavy atom. The molecular weight excluding hydrogens is 306 g/mol. The normalized spacial score (nSPS) is 16.7. The molecule has 6 nitrogen and oxygen atoms in total. The van der Waals surface area contributed by atoms with Gasteiger partial charge < -0.3 is 15.4 Å². The first-order chi connectivity index (χ1) is 11.5. The maximum atomic E-state index is 12.3. The number of carbonyl (C=O) groups is 2. The average molecular weight is 333 g/mol. The van der Waals surface area contributed by atoms with Gasteiger partial charge >= 0.3 is 0 Å². The number of rotatable bonds is 6. The molecule has 1 atom stereocenters. The Morgan fingerprint density at radius 3 is 2.33 bits per heavy atom. The van der Waals surface area contributed by atoms with Crippen molar-refractivity contribution in [3.8, 4) is 0 Å². The lowest BCUT2D eigenvalue weighted by Crippen LogP contribution is -2.51. The zero-order valence-electron chi connectivity index (χ0n) is 14.7. The summed E-state index contributed by atoms with van der Waals surface area (Å²) in [6.07, 6.45) is 0. The molecule has 132 valence electrons. The molecule has 1 aliphatic heterocycles. The number of hydrogen-bond acceptors (Lipinski definition) is 4. The van der Waals surface area contributed by atoms with E-state index in [2.05, 4.69) is 29.4 Å². The number of morpholine rings is 1. The third-order valence-corrected chi connectivity index (χ3v) is 4.22. The molecular formula is C18H27N3O3. The quantitative estimate of drug-likeness (QED) is 0.832. The van der Waals surface area contributed by atoms with Crippen molar-refractivity contribution >= 4 is 17.5 Å². The number of nitrogens with zero attached hydrogens (tertiary/aromatic N) is 1. The van der Waals surface area contributed by atoms with Gasteiger partial charge in [0.25, 0.3) is 5.91 Å². The first-order valence-electron chi connectivity index (χ1n) is 8.45. The third-order valence-electron chi connectivity index (χ3n) is 4.22. The molecule has 24 heavy (non-hydrogen) atoms. The number of anilines is 1. The molecule has 1 fully saturated rings. The van der Waals surface area contributed by atoms with Gasteiger partial charge in [-0.05, 0) is 30.2 Å². The fourth-order valence-electron chi connectivity index (χ4n) is 2.90. The molecule has 2 N–H and O–H groups in total. The van der Waals surface area contributed by atoms with E-state index in [0.29, 0.717) is 29.8 Å². The van der Waals surface area contributed by atoms with Crippen molar-refractivity contribution < 1.29 is 14.3 Å². The second-order valence-corrected chi connectivity index (χ2v) is 6.43. The van der Waals surface area contributed by atoms with Gasteiger partial charge in [0.1, 0.15) is 0 Å². The van der Waals surface area contributed by atoms with Crippen LogP contribution in [0.1, 0.15) is 31.1 Å². The largest absolute Gasteiger partial charge is 0.379 e. The van der Waals surface area contributed by atoms with Crippen LogP contribution in [0, 0.1) is 5.92 Å². The lowest BCUT2D eigenvalue weighted by molar-refractivity contribution is -0.114. The lowest BCUT2D eigenvalue weighted by Gasteiger charge is -2.36. The minimum absolute atomic E-state index is 0.0942. The minimum Gasteiger partial charge on any atom is -0.379 e. The van der Waals surface area contributed by atoms with E-state index in [4.69, 9.17) is 4.74 Å². The van der Waals surface area contributed by atoms with Crippen LogP contribution in [0.5, 0.6) is 0 Å². The Morgan fingerprint density at radius 1 is 1.17 bits per heavy atom. The van der Waals surface area contributed by atoms with Gasteiger partial charge in [0.15, 0.2) is 0 Å². The molecule has 1 heterocycles. The molecule has 0 saturated carbocycles. The second kappa shape index (κ2) is 8.80. The minimum atomic E-state index is -0.127. The van der Waals surface area contributed by atoms with Gasteiger partial charge in [-0.3, -0.25) is 14.5 Å². The summed E-state index contributed by atoms with van der Waals surface area (Å²) in [6.45, 7) is 9.74. The lowest BCUT2D eigenvalue weighted by atomic mass is 10.0. The van der Waals surface area contributed by atoms with Crippen LogP contribution in [0.3, 0.4) is 0 Å². The van der Waals surface area contributed by atoms with E-state index in [1.54, 1.807) is 24.3 Å². The molecule has 0 aliphatic carbocycles. The van der Waals surface area contributed by atoms with E-state index < -0.39 is 0 Å². The van der Waals surface area contributed by atoms with Crippen LogP contribution in [0.4, 0.5) is 5.69 Å². The van der Waals surface area contributed by atoms with Crippen molar-refractivity contribution in [2.45, 2.75) is 26.8 Å². The second-order valence-electron chi connectivity index (χ2n) is 6.43. The van der Waals surface area contributed by atoms with E-state index in [-0.39, 0.29) is 11.8 Å². The van der Waals surface area contributed by atoms with Gasteiger partial charge in [0, 0.05) is 43.9 Å². The maximum Gasteiger partial charge on any atom is 0.251 e. The Hall–Kier alpha value is -1.92. The number of nitrogens with one attached hydrogen (secondary N) is 2. The number of benzene rings is 1.